The molecule has 6 heteroatoms. The Labute approximate surface area is 163 Å². The third kappa shape index (κ3) is 4.98. The maximum Gasteiger partial charge on any atom is 1.00 e. The van der Waals surface area contributed by atoms with E-state index in [-0.39, 0.29) is 46.5 Å². The first-order valence-electron chi connectivity index (χ1n) is 5.84. The van der Waals surface area contributed by atoms with Gasteiger partial charge in [0.1, 0.15) is 11.5 Å². The van der Waals surface area contributed by atoms with E-state index >= 15 is 0 Å². The van der Waals surface area contributed by atoms with E-state index in [1.54, 1.807) is 0 Å². The number of aromatic hydroxyl groups is 2. The van der Waals surface area contributed by atoms with Crippen LogP contribution in [0.25, 0.3) is 0 Å². The average Bonchev–Trinajstić information content (AvgIpc) is 2.33. The molecule has 2 aromatic rings. The molecule has 0 amide bonds. The van der Waals surface area contributed by atoms with Gasteiger partial charge in [0.2, 0.25) is 0 Å². The van der Waals surface area contributed by atoms with Crippen molar-refractivity contribution in [1.29, 1.82) is 0 Å². The van der Waals surface area contributed by atoms with Crippen LogP contribution in [-0.2, 0) is 6.42 Å². The van der Waals surface area contributed by atoms with Crippen molar-refractivity contribution in [3.63, 3.8) is 0 Å². The topological polar surface area (TPSA) is 70.5 Å². The van der Waals surface area contributed by atoms with Gasteiger partial charge in [0.25, 0.3) is 0 Å². The molecule has 0 radical (unpaired) electrons. The van der Waals surface area contributed by atoms with Gasteiger partial charge in [0.15, 0.2) is 0 Å². The molecule has 2 rings (SSSR count). The number of rotatable bonds is 2. The van der Waals surface area contributed by atoms with E-state index in [1.807, 2.05) is 38.1 Å². The molecule has 3 N–H and O–H groups in total. The summed E-state index contributed by atoms with van der Waals surface area (Å²) in [6.07, 6.45) is 0.749. The van der Waals surface area contributed by atoms with Crippen LogP contribution in [0.2, 0.25) is 0 Å². The minimum absolute atomic E-state index is 0. The monoisotopic (exact) mass is 424 g/mol. The van der Waals surface area contributed by atoms with E-state index < -0.39 is 0 Å². The molecule has 0 bridgehead atoms. The van der Waals surface area contributed by atoms with Gasteiger partial charge in [0, 0.05) is 0 Å². The molecule has 0 aliphatic rings. The smallest absolute Gasteiger partial charge is 0.870 e. The van der Waals surface area contributed by atoms with Crippen LogP contribution >= 0.6 is 31.9 Å². The van der Waals surface area contributed by atoms with Crippen molar-refractivity contribution >= 4 is 31.9 Å². The zero-order valence-electron chi connectivity index (χ0n) is 12.1. The molecule has 21 heavy (non-hydrogen) atoms. The van der Waals surface area contributed by atoms with Crippen LogP contribution < -0.4 is 29.6 Å². The number of benzene rings is 2. The number of hydrogen-bond donors (Lipinski definition) is 2. The van der Waals surface area contributed by atoms with Gasteiger partial charge in [-0.2, -0.15) is 0 Å². The molecule has 0 aliphatic heterocycles. The zero-order valence-corrected chi connectivity index (χ0v) is 17.3. The molecule has 2 aromatic carbocycles. The number of phenols is 2. The Balaban J connectivity index is 0.00000200. The fourth-order valence-electron chi connectivity index (χ4n) is 2.06. The summed E-state index contributed by atoms with van der Waals surface area (Å²) in [4.78, 5) is 0. The minimum Gasteiger partial charge on any atom is -0.870 e. The Morgan fingerprint density at radius 1 is 0.810 bits per heavy atom. The number of halogens is 2. The van der Waals surface area contributed by atoms with E-state index in [0.29, 0.717) is 8.95 Å². The summed E-state index contributed by atoms with van der Waals surface area (Å²) in [5.41, 5.74) is 3.91. The fourth-order valence-corrected chi connectivity index (χ4v) is 3.27. The van der Waals surface area contributed by atoms with Crippen molar-refractivity contribution in [3.8, 4) is 11.5 Å². The maximum atomic E-state index is 9.73. The summed E-state index contributed by atoms with van der Waals surface area (Å²) in [5, 5.41) is 19.5. The third-order valence-electron chi connectivity index (χ3n) is 3.04. The summed E-state index contributed by atoms with van der Waals surface area (Å²) >= 11 is 6.70. The van der Waals surface area contributed by atoms with Crippen molar-refractivity contribution in [2.24, 2.45) is 0 Å². The SMILES string of the molecule is Cc1cc(Cc2cc(C)c(O)c(Br)c2)cc(Br)c1O.[Na+].[OH-]. The van der Waals surface area contributed by atoms with Crippen molar-refractivity contribution in [2.75, 3.05) is 0 Å². The Bertz CT molecular complexity index is 543. The third-order valence-corrected chi connectivity index (χ3v) is 4.24. The fraction of sp³-hybridized carbons (Fsp3) is 0.200. The summed E-state index contributed by atoms with van der Waals surface area (Å²) in [7, 11) is 0. The molecule has 3 nitrogen and oxygen atoms in total. The molecule has 108 valence electrons. The van der Waals surface area contributed by atoms with E-state index in [2.05, 4.69) is 31.9 Å². The van der Waals surface area contributed by atoms with Crippen LogP contribution in [0.5, 0.6) is 11.5 Å². The molecule has 0 aromatic heterocycles. The van der Waals surface area contributed by atoms with Crippen molar-refractivity contribution in [2.45, 2.75) is 20.3 Å². The number of phenolic OH excluding ortho intramolecular Hbond substituents is 2. The second kappa shape index (κ2) is 8.56. The van der Waals surface area contributed by atoms with Gasteiger partial charge in [-0.05, 0) is 86.5 Å². The van der Waals surface area contributed by atoms with Crippen LogP contribution in [0.4, 0.5) is 0 Å². The molecule has 0 atom stereocenters. The first kappa shape index (κ1) is 21.0. The van der Waals surface area contributed by atoms with Crippen LogP contribution in [0, 0.1) is 13.8 Å². The first-order chi connectivity index (χ1) is 8.88. The Morgan fingerprint density at radius 2 is 1.14 bits per heavy atom. The Morgan fingerprint density at radius 3 is 1.43 bits per heavy atom. The minimum atomic E-state index is 0. The van der Waals surface area contributed by atoms with Crippen molar-refractivity contribution < 1.29 is 45.2 Å². The first-order valence-corrected chi connectivity index (χ1v) is 7.43. The van der Waals surface area contributed by atoms with E-state index in [9.17, 15) is 10.2 Å². The van der Waals surface area contributed by atoms with Gasteiger partial charge in [-0.25, -0.2) is 0 Å². The van der Waals surface area contributed by atoms with Gasteiger partial charge in [-0.3, -0.25) is 0 Å². The quantitative estimate of drug-likeness (QED) is 0.719. The van der Waals surface area contributed by atoms with Crippen LogP contribution in [-0.4, -0.2) is 15.7 Å². The molecule has 0 unspecified atom stereocenters. The summed E-state index contributed by atoms with van der Waals surface area (Å²) in [6.45, 7) is 3.75. The molecule has 0 heterocycles. The Kier molecular flexibility index (Phi) is 8.54. The van der Waals surface area contributed by atoms with E-state index in [0.717, 1.165) is 28.7 Å². The average molecular weight is 426 g/mol. The summed E-state index contributed by atoms with van der Waals surface area (Å²) in [6, 6.07) is 7.77. The van der Waals surface area contributed by atoms with Crippen molar-refractivity contribution in [3.05, 3.63) is 55.5 Å². The molecule has 0 aliphatic carbocycles. The van der Waals surface area contributed by atoms with E-state index in [1.165, 1.54) is 0 Å². The van der Waals surface area contributed by atoms with Gasteiger partial charge >= 0.3 is 29.6 Å². The van der Waals surface area contributed by atoms with Gasteiger partial charge < -0.3 is 15.7 Å². The number of hydrogen-bond acceptors (Lipinski definition) is 3. The normalized spacial score (nSPS) is 9.71. The Hall–Kier alpha value is -0.0400. The molecule has 0 saturated carbocycles. The molecule has 0 fully saturated rings. The van der Waals surface area contributed by atoms with E-state index in [4.69, 9.17) is 0 Å². The van der Waals surface area contributed by atoms with Crippen LogP contribution in [0.1, 0.15) is 22.3 Å². The van der Waals surface area contributed by atoms with Crippen LogP contribution in [0.15, 0.2) is 33.2 Å². The number of aryl methyl sites for hydroxylation is 2. The van der Waals surface area contributed by atoms with Gasteiger partial charge in [-0.15, -0.1) is 0 Å². The van der Waals surface area contributed by atoms with Crippen LogP contribution in [0.3, 0.4) is 0 Å². The predicted octanol–water partition coefficient (Wildman–Crippen LogP) is 1.66. The second-order valence-corrected chi connectivity index (χ2v) is 6.37. The zero-order chi connectivity index (χ0) is 14.2. The molecule has 0 saturated heterocycles. The summed E-state index contributed by atoms with van der Waals surface area (Å²) < 4.78 is 1.41. The summed E-state index contributed by atoms with van der Waals surface area (Å²) in [5.74, 6) is 0.568. The molecular weight excluding hydrogens is 411 g/mol. The van der Waals surface area contributed by atoms with Gasteiger partial charge in [0.05, 0.1) is 8.95 Å². The second-order valence-electron chi connectivity index (χ2n) is 4.66. The largest absolute Gasteiger partial charge is 1.00 e. The van der Waals surface area contributed by atoms with Crippen molar-refractivity contribution in [1.82, 2.24) is 0 Å². The maximum absolute atomic E-state index is 9.73. The molecule has 0 spiro atoms. The molecular formula is C15H15Br2NaO3. The van der Waals surface area contributed by atoms with Gasteiger partial charge in [-0.1, -0.05) is 12.1 Å². The standard InChI is InChI=1S/C15H14Br2O2.Na.H2O/c1-8-3-10(6-12(16)14(8)18)5-11-4-9(2)15(19)13(17)7-11;;/h3-4,6-7,18-19H,5H2,1-2H3;;1H2/q;+1;/p-1. The predicted molar refractivity (Wildman–Crippen MR) is 85.8 cm³/mol.